The second-order valence-electron chi connectivity index (χ2n) is 5.05. The molecular formula is C17H25BrN2O. The lowest BCUT2D eigenvalue weighted by atomic mass is 10.1. The Morgan fingerprint density at radius 2 is 1.86 bits per heavy atom. The number of hydrogen-bond acceptors (Lipinski definition) is 2. The molecule has 21 heavy (non-hydrogen) atoms. The molecule has 3 rings (SSSR count). The van der Waals surface area contributed by atoms with Crippen LogP contribution in [0.2, 0.25) is 0 Å². The van der Waals surface area contributed by atoms with Crippen molar-refractivity contribution in [1.82, 2.24) is 9.97 Å². The minimum atomic E-state index is -0.0312. The summed E-state index contributed by atoms with van der Waals surface area (Å²) in [5.41, 5.74) is 1.84. The highest BCUT2D eigenvalue weighted by Gasteiger charge is 2.26. The molecule has 0 aliphatic heterocycles. The number of hydrogen-bond donors (Lipinski definition) is 1. The lowest BCUT2D eigenvalue weighted by Gasteiger charge is -2.04. The highest BCUT2D eigenvalue weighted by atomic mass is 79.9. The third kappa shape index (κ3) is 4.67. The van der Waals surface area contributed by atoms with Crippen molar-refractivity contribution in [3.63, 3.8) is 0 Å². The van der Waals surface area contributed by atoms with Gasteiger partial charge in [-0.15, -0.1) is 0 Å². The Kier molecular flexibility index (Phi) is 7.09. The van der Waals surface area contributed by atoms with Gasteiger partial charge in [0.15, 0.2) is 0 Å². The second kappa shape index (κ2) is 8.32. The van der Waals surface area contributed by atoms with Crippen LogP contribution in [-0.4, -0.2) is 9.97 Å². The van der Waals surface area contributed by atoms with Gasteiger partial charge < -0.3 is 4.98 Å². The van der Waals surface area contributed by atoms with E-state index in [2.05, 4.69) is 39.7 Å². The van der Waals surface area contributed by atoms with Gasteiger partial charge in [0.1, 0.15) is 5.82 Å². The van der Waals surface area contributed by atoms with Gasteiger partial charge in [0.05, 0.1) is 10.9 Å². The van der Waals surface area contributed by atoms with Crippen LogP contribution >= 0.6 is 15.9 Å². The van der Waals surface area contributed by atoms with E-state index in [0.29, 0.717) is 11.3 Å². The molecule has 1 fully saturated rings. The van der Waals surface area contributed by atoms with Gasteiger partial charge in [-0.05, 0) is 37.5 Å². The number of halogens is 1. The van der Waals surface area contributed by atoms with E-state index in [9.17, 15) is 4.79 Å². The predicted molar refractivity (Wildman–Crippen MR) is 94.1 cm³/mol. The maximum Gasteiger partial charge on any atom is 0.258 e. The molecule has 0 unspecified atom stereocenters. The van der Waals surface area contributed by atoms with E-state index in [1.54, 1.807) is 0 Å². The highest BCUT2D eigenvalue weighted by Crippen LogP contribution is 2.38. The second-order valence-corrected chi connectivity index (χ2v) is 5.97. The summed E-state index contributed by atoms with van der Waals surface area (Å²) < 4.78 is 0.920. The number of benzene rings is 1. The van der Waals surface area contributed by atoms with E-state index < -0.39 is 0 Å². The number of rotatable bonds is 1. The minimum absolute atomic E-state index is 0.0312. The maximum atomic E-state index is 11.9. The predicted octanol–water partition coefficient (Wildman–Crippen LogP) is 5.31. The van der Waals surface area contributed by atoms with Crippen LogP contribution in [0.4, 0.5) is 0 Å². The molecule has 1 aliphatic carbocycles. The molecule has 116 valence electrons. The van der Waals surface area contributed by atoms with E-state index in [1.165, 1.54) is 6.42 Å². The topological polar surface area (TPSA) is 45.8 Å². The molecule has 0 saturated heterocycles. The number of H-pyrrole nitrogens is 1. The molecule has 1 aliphatic rings. The molecule has 4 heteroatoms. The Bertz CT molecular complexity index is 645. The first-order chi connectivity index (χ1) is 10.1. The fraction of sp³-hybridized carbons (Fsp3) is 0.529. The molecule has 0 bridgehead atoms. The number of nitrogens with zero attached hydrogens (tertiary/aromatic N) is 1. The zero-order valence-electron chi connectivity index (χ0n) is 13.6. The minimum Gasteiger partial charge on any atom is -0.310 e. The van der Waals surface area contributed by atoms with Gasteiger partial charge in [0, 0.05) is 10.4 Å². The summed E-state index contributed by atoms with van der Waals surface area (Å²) in [6.07, 6.45) is 3.54. The number of nitrogens with one attached hydrogen (secondary N) is 1. The zero-order valence-corrected chi connectivity index (χ0v) is 15.2. The Balaban J connectivity index is 0.000000395. The summed E-state index contributed by atoms with van der Waals surface area (Å²) in [6.45, 7) is 10.2. The molecule has 0 spiro atoms. The van der Waals surface area contributed by atoms with Crippen molar-refractivity contribution in [1.29, 1.82) is 0 Å². The van der Waals surface area contributed by atoms with Crippen LogP contribution in [0.25, 0.3) is 10.9 Å². The van der Waals surface area contributed by atoms with E-state index in [1.807, 2.05) is 32.9 Å². The molecular weight excluding hydrogens is 328 g/mol. The van der Waals surface area contributed by atoms with E-state index in [-0.39, 0.29) is 5.56 Å². The Labute approximate surface area is 135 Å². The number of aromatic amines is 1. The normalized spacial score (nSPS) is 13.0. The van der Waals surface area contributed by atoms with Crippen molar-refractivity contribution < 1.29 is 0 Å². The average Bonchev–Trinajstić information content (AvgIpc) is 3.27. The van der Waals surface area contributed by atoms with Crippen molar-refractivity contribution in [2.75, 3.05) is 0 Å². The number of aryl methyl sites for hydroxylation is 1. The van der Waals surface area contributed by atoms with Gasteiger partial charge in [0.2, 0.25) is 0 Å². The van der Waals surface area contributed by atoms with Crippen molar-refractivity contribution >= 4 is 26.8 Å². The van der Waals surface area contributed by atoms with Gasteiger partial charge in [-0.3, -0.25) is 4.79 Å². The molecule has 2 aromatic rings. The molecule has 1 N–H and O–H groups in total. The Morgan fingerprint density at radius 1 is 1.29 bits per heavy atom. The highest BCUT2D eigenvalue weighted by molar-refractivity contribution is 9.10. The van der Waals surface area contributed by atoms with Gasteiger partial charge in [-0.25, -0.2) is 4.98 Å². The van der Waals surface area contributed by atoms with Crippen molar-refractivity contribution in [3.05, 3.63) is 38.3 Å². The summed E-state index contributed by atoms with van der Waals surface area (Å²) in [6, 6.07) is 3.82. The molecule has 1 aromatic carbocycles. The Hall–Kier alpha value is -1.16. The first kappa shape index (κ1) is 17.9. The van der Waals surface area contributed by atoms with Crippen LogP contribution in [0.5, 0.6) is 0 Å². The quantitative estimate of drug-likeness (QED) is 0.755. The number of aromatic nitrogens is 2. The zero-order chi connectivity index (χ0) is 16.0. The van der Waals surface area contributed by atoms with Crippen molar-refractivity contribution in [2.45, 2.75) is 59.8 Å². The summed E-state index contributed by atoms with van der Waals surface area (Å²) in [4.78, 5) is 19.4. The fourth-order valence-electron chi connectivity index (χ4n) is 1.94. The molecule has 0 atom stereocenters. The SMILES string of the molecule is CC.CCC.Cc1cc(Br)cc2c(=O)[nH]c(C3CC3)nc12. The maximum absolute atomic E-state index is 11.9. The van der Waals surface area contributed by atoms with Gasteiger partial charge >= 0.3 is 0 Å². The molecule has 0 amide bonds. The summed E-state index contributed by atoms with van der Waals surface area (Å²) >= 11 is 3.40. The van der Waals surface area contributed by atoms with Crippen LogP contribution in [0.3, 0.4) is 0 Å². The largest absolute Gasteiger partial charge is 0.310 e. The van der Waals surface area contributed by atoms with Gasteiger partial charge in [0.25, 0.3) is 5.56 Å². The van der Waals surface area contributed by atoms with Gasteiger partial charge in [-0.2, -0.15) is 0 Å². The molecule has 1 aromatic heterocycles. The van der Waals surface area contributed by atoms with Crippen molar-refractivity contribution in [2.24, 2.45) is 0 Å². The third-order valence-electron chi connectivity index (χ3n) is 2.95. The number of fused-ring (bicyclic) bond motifs is 1. The monoisotopic (exact) mass is 352 g/mol. The fourth-order valence-corrected chi connectivity index (χ4v) is 2.51. The third-order valence-corrected chi connectivity index (χ3v) is 3.41. The van der Waals surface area contributed by atoms with Crippen LogP contribution < -0.4 is 5.56 Å². The van der Waals surface area contributed by atoms with Crippen LogP contribution in [-0.2, 0) is 0 Å². The first-order valence-corrected chi connectivity index (χ1v) is 8.56. The van der Waals surface area contributed by atoms with E-state index in [0.717, 1.165) is 34.2 Å². The molecule has 1 saturated carbocycles. The van der Waals surface area contributed by atoms with Crippen LogP contribution in [0, 0.1) is 6.92 Å². The van der Waals surface area contributed by atoms with Gasteiger partial charge in [-0.1, -0.05) is 50.0 Å². The standard InChI is InChI=1S/C12H11BrN2O.C3H8.C2H6/c1-6-4-8(13)5-9-10(6)14-11(7-2-3-7)15-12(9)16;1-3-2;1-2/h4-5,7H,2-3H2,1H3,(H,14,15,16);3H2,1-2H3;1-2H3. The van der Waals surface area contributed by atoms with E-state index in [4.69, 9.17) is 0 Å². The first-order valence-electron chi connectivity index (χ1n) is 7.76. The van der Waals surface area contributed by atoms with Crippen molar-refractivity contribution in [3.8, 4) is 0 Å². The lowest BCUT2D eigenvalue weighted by Crippen LogP contribution is -2.11. The van der Waals surface area contributed by atoms with Crippen LogP contribution in [0.15, 0.2) is 21.4 Å². The smallest absolute Gasteiger partial charge is 0.258 e. The summed E-state index contributed by atoms with van der Waals surface area (Å²) in [5, 5.41) is 0.663. The van der Waals surface area contributed by atoms with Crippen LogP contribution in [0.1, 0.15) is 64.3 Å². The van der Waals surface area contributed by atoms with E-state index >= 15 is 0 Å². The summed E-state index contributed by atoms with van der Waals surface area (Å²) in [7, 11) is 0. The molecule has 1 heterocycles. The lowest BCUT2D eigenvalue weighted by molar-refractivity contribution is 0.930. The Morgan fingerprint density at radius 3 is 2.38 bits per heavy atom. The molecule has 0 radical (unpaired) electrons. The summed E-state index contributed by atoms with van der Waals surface area (Å²) in [5.74, 6) is 1.32. The average molecular weight is 353 g/mol. The molecule has 3 nitrogen and oxygen atoms in total.